The standard InChI is InChI=1S/C9H7FN2/c1-2-7-6-9-8(10)4-3-5-12(9)11-7/h2-6H,1H2. The molecule has 0 saturated heterocycles. The summed E-state index contributed by atoms with van der Waals surface area (Å²) in [5.74, 6) is -0.266. The molecule has 0 unspecified atom stereocenters. The Hall–Kier alpha value is -1.64. The number of hydrogen-bond donors (Lipinski definition) is 0. The number of hydrogen-bond acceptors (Lipinski definition) is 1. The van der Waals surface area contributed by atoms with Gasteiger partial charge in [0.1, 0.15) is 11.3 Å². The molecule has 2 aromatic rings. The predicted octanol–water partition coefficient (Wildman–Crippen LogP) is 2.12. The van der Waals surface area contributed by atoms with Gasteiger partial charge in [0.25, 0.3) is 0 Å². The van der Waals surface area contributed by atoms with Crippen LogP contribution in [-0.2, 0) is 0 Å². The summed E-state index contributed by atoms with van der Waals surface area (Å²) in [5.41, 5.74) is 1.16. The minimum Gasteiger partial charge on any atom is -0.237 e. The summed E-state index contributed by atoms with van der Waals surface area (Å²) in [7, 11) is 0. The average molecular weight is 162 g/mol. The van der Waals surface area contributed by atoms with Crippen LogP contribution in [-0.4, -0.2) is 9.61 Å². The van der Waals surface area contributed by atoms with Crippen LogP contribution in [0.1, 0.15) is 5.69 Å². The molecule has 0 aliphatic heterocycles. The second-order valence-electron chi connectivity index (χ2n) is 2.46. The van der Waals surface area contributed by atoms with Crippen LogP contribution in [0.25, 0.3) is 11.6 Å². The molecule has 0 bridgehead atoms. The maximum atomic E-state index is 13.0. The van der Waals surface area contributed by atoms with E-state index in [9.17, 15) is 4.39 Å². The summed E-state index contributed by atoms with van der Waals surface area (Å²) in [6.45, 7) is 3.56. The fourth-order valence-corrected chi connectivity index (χ4v) is 1.10. The molecule has 0 fully saturated rings. The highest BCUT2D eigenvalue weighted by atomic mass is 19.1. The zero-order valence-electron chi connectivity index (χ0n) is 6.37. The summed E-state index contributed by atoms with van der Waals surface area (Å²) in [6.07, 6.45) is 3.29. The van der Waals surface area contributed by atoms with Crippen LogP contribution in [0.5, 0.6) is 0 Å². The van der Waals surface area contributed by atoms with Gasteiger partial charge in [-0.05, 0) is 24.3 Å². The minimum atomic E-state index is -0.266. The van der Waals surface area contributed by atoms with E-state index in [0.717, 1.165) is 0 Å². The van der Waals surface area contributed by atoms with E-state index in [1.54, 1.807) is 24.4 Å². The number of rotatable bonds is 1. The van der Waals surface area contributed by atoms with Crippen molar-refractivity contribution in [2.24, 2.45) is 0 Å². The van der Waals surface area contributed by atoms with Gasteiger partial charge in [-0.2, -0.15) is 5.10 Å². The summed E-state index contributed by atoms with van der Waals surface area (Å²) >= 11 is 0. The Kier molecular flexibility index (Phi) is 1.43. The van der Waals surface area contributed by atoms with Gasteiger partial charge < -0.3 is 0 Å². The Bertz CT molecular complexity index is 431. The third kappa shape index (κ3) is 0.906. The predicted molar refractivity (Wildman–Crippen MR) is 45.2 cm³/mol. The molecule has 2 nitrogen and oxygen atoms in total. The van der Waals surface area contributed by atoms with Gasteiger partial charge in [-0.3, -0.25) is 0 Å². The fraction of sp³-hybridized carbons (Fsp3) is 0. The summed E-state index contributed by atoms with van der Waals surface area (Å²) in [6, 6.07) is 4.68. The summed E-state index contributed by atoms with van der Waals surface area (Å²) in [5, 5.41) is 4.05. The highest BCUT2D eigenvalue weighted by molar-refractivity contribution is 5.55. The molecular formula is C9H7FN2. The summed E-state index contributed by atoms with van der Waals surface area (Å²) < 4.78 is 14.5. The normalized spacial score (nSPS) is 10.4. The third-order valence-electron chi connectivity index (χ3n) is 1.68. The van der Waals surface area contributed by atoms with Crippen molar-refractivity contribution in [3.8, 4) is 0 Å². The number of nitrogens with zero attached hydrogens (tertiary/aromatic N) is 2. The first kappa shape index (κ1) is 7.03. The Morgan fingerprint density at radius 2 is 2.42 bits per heavy atom. The van der Waals surface area contributed by atoms with Gasteiger partial charge in [0.2, 0.25) is 0 Å². The average Bonchev–Trinajstić information content (AvgIpc) is 2.49. The third-order valence-corrected chi connectivity index (χ3v) is 1.68. The first-order chi connectivity index (χ1) is 5.81. The molecule has 0 radical (unpaired) electrons. The molecule has 0 N–H and O–H groups in total. The van der Waals surface area contributed by atoms with Gasteiger partial charge in [0, 0.05) is 6.20 Å². The first-order valence-corrected chi connectivity index (χ1v) is 3.57. The molecule has 3 heteroatoms. The van der Waals surface area contributed by atoms with Crippen LogP contribution in [0.3, 0.4) is 0 Å². The van der Waals surface area contributed by atoms with Crippen LogP contribution in [0.15, 0.2) is 31.0 Å². The molecule has 0 aliphatic rings. The van der Waals surface area contributed by atoms with Crippen molar-refractivity contribution in [2.75, 3.05) is 0 Å². The molecule has 0 saturated carbocycles. The van der Waals surface area contributed by atoms with E-state index < -0.39 is 0 Å². The van der Waals surface area contributed by atoms with E-state index in [1.807, 2.05) is 0 Å². The molecule has 0 atom stereocenters. The molecule has 0 aliphatic carbocycles. The van der Waals surface area contributed by atoms with E-state index in [-0.39, 0.29) is 5.82 Å². The fourth-order valence-electron chi connectivity index (χ4n) is 1.10. The van der Waals surface area contributed by atoms with Gasteiger partial charge >= 0.3 is 0 Å². The molecule has 60 valence electrons. The maximum Gasteiger partial charge on any atom is 0.148 e. The highest BCUT2D eigenvalue weighted by Crippen LogP contribution is 2.10. The first-order valence-electron chi connectivity index (χ1n) is 3.57. The lowest BCUT2D eigenvalue weighted by molar-refractivity contribution is 0.630. The second-order valence-corrected chi connectivity index (χ2v) is 2.46. The Morgan fingerprint density at radius 3 is 3.08 bits per heavy atom. The zero-order chi connectivity index (χ0) is 8.55. The molecule has 2 heterocycles. The van der Waals surface area contributed by atoms with E-state index in [4.69, 9.17) is 0 Å². The second kappa shape index (κ2) is 2.44. The van der Waals surface area contributed by atoms with E-state index in [2.05, 4.69) is 11.7 Å². The molecule has 0 amide bonds. The number of pyridine rings is 1. The molecule has 0 aromatic carbocycles. The van der Waals surface area contributed by atoms with E-state index in [1.165, 1.54) is 10.6 Å². The lowest BCUT2D eigenvalue weighted by Gasteiger charge is -1.90. The Labute approximate surface area is 68.9 Å². The van der Waals surface area contributed by atoms with Gasteiger partial charge in [-0.25, -0.2) is 8.91 Å². The molecule has 2 rings (SSSR count). The smallest absolute Gasteiger partial charge is 0.148 e. The quantitative estimate of drug-likeness (QED) is 0.627. The minimum absolute atomic E-state index is 0.266. The van der Waals surface area contributed by atoms with Crippen LogP contribution in [0.2, 0.25) is 0 Å². The zero-order valence-corrected chi connectivity index (χ0v) is 6.37. The van der Waals surface area contributed by atoms with Gasteiger partial charge in [-0.1, -0.05) is 6.58 Å². The SMILES string of the molecule is C=Cc1cc2c(F)cccn2n1. The van der Waals surface area contributed by atoms with Crippen LogP contribution >= 0.6 is 0 Å². The van der Waals surface area contributed by atoms with Crippen LogP contribution in [0, 0.1) is 5.82 Å². The lowest BCUT2D eigenvalue weighted by Crippen LogP contribution is -1.87. The number of aromatic nitrogens is 2. The van der Waals surface area contributed by atoms with Crippen molar-refractivity contribution < 1.29 is 4.39 Å². The number of fused-ring (bicyclic) bond motifs is 1. The van der Waals surface area contributed by atoms with Crippen LogP contribution in [0.4, 0.5) is 4.39 Å². The largest absolute Gasteiger partial charge is 0.237 e. The molecular weight excluding hydrogens is 155 g/mol. The van der Waals surface area contributed by atoms with E-state index in [0.29, 0.717) is 11.2 Å². The van der Waals surface area contributed by atoms with Gasteiger partial charge in [0.15, 0.2) is 0 Å². The summed E-state index contributed by atoms with van der Waals surface area (Å²) in [4.78, 5) is 0. The topological polar surface area (TPSA) is 17.3 Å². The van der Waals surface area contributed by atoms with Crippen molar-refractivity contribution in [2.45, 2.75) is 0 Å². The van der Waals surface area contributed by atoms with Crippen molar-refractivity contribution in [1.29, 1.82) is 0 Å². The number of halogens is 1. The van der Waals surface area contributed by atoms with Gasteiger partial charge in [-0.15, -0.1) is 0 Å². The molecule has 2 aromatic heterocycles. The van der Waals surface area contributed by atoms with Crippen molar-refractivity contribution >= 4 is 11.6 Å². The maximum absolute atomic E-state index is 13.0. The lowest BCUT2D eigenvalue weighted by atomic mass is 10.3. The Morgan fingerprint density at radius 1 is 1.58 bits per heavy atom. The van der Waals surface area contributed by atoms with Crippen molar-refractivity contribution in [3.05, 3.63) is 42.5 Å². The molecule has 12 heavy (non-hydrogen) atoms. The van der Waals surface area contributed by atoms with Crippen molar-refractivity contribution in [1.82, 2.24) is 9.61 Å². The van der Waals surface area contributed by atoms with Crippen LogP contribution < -0.4 is 0 Å². The van der Waals surface area contributed by atoms with Gasteiger partial charge in [0.05, 0.1) is 5.69 Å². The monoisotopic (exact) mass is 162 g/mol. The molecule has 0 spiro atoms. The van der Waals surface area contributed by atoms with Crippen molar-refractivity contribution in [3.63, 3.8) is 0 Å². The Balaban J connectivity index is 2.82. The van der Waals surface area contributed by atoms with E-state index >= 15 is 0 Å². The highest BCUT2D eigenvalue weighted by Gasteiger charge is 2.01.